The van der Waals surface area contributed by atoms with E-state index >= 15 is 0 Å². The molecule has 2 aromatic carbocycles. The van der Waals surface area contributed by atoms with E-state index in [1.54, 1.807) is 12.1 Å². The maximum atomic E-state index is 12.2. The second-order valence-electron chi connectivity index (χ2n) is 4.64. The number of benzene rings is 2. The Morgan fingerprint density at radius 1 is 1.10 bits per heavy atom. The molecule has 1 aromatic heterocycles. The van der Waals surface area contributed by atoms with Gasteiger partial charge in [-0.15, -0.1) is 0 Å². The van der Waals surface area contributed by atoms with E-state index in [0.29, 0.717) is 5.02 Å². The second-order valence-corrected chi connectivity index (χ2v) is 6.84. The fraction of sp³-hybridized carbons (Fsp3) is 0.0667. The number of nitrogens with one attached hydrogen (secondary N) is 2. The highest BCUT2D eigenvalue weighted by Gasteiger charge is 2.14. The van der Waals surface area contributed by atoms with Crippen molar-refractivity contribution >= 4 is 32.5 Å². The molecule has 0 aliphatic carbocycles. The van der Waals surface area contributed by atoms with Gasteiger partial charge in [0.15, 0.2) is 0 Å². The fourth-order valence-corrected chi connectivity index (χ4v) is 3.48. The molecule has 0 saturated heterocycles. The first-order valence-electron chi connectivity index (χ1n) is 6.36. The molecule has 6 heteroatoms. The van der Waals surface area contributed by atoms with Gasteiger partial charge in [-0.1, -0.05) is 35.9 Å². The van der Waals surface area contributed by atoms with Gasteiger partial charge in [-0.05, 0) is 29.8 Å². The van der Waals surface area contributed by atoms with Gasteiger partial charge in [0.25, 0.3) is 0 Å². The molecule has 3 aromatic rings. The zero-order valence-corrected chi connectivity index (χ0v) is 12.6. The van der Waals surface area contributed by atoms with Crippen molar-refractivity contribution in [3.05, 3.63) is 65.3 Å². The lowest BCUT2D eigenvalue weighted by Crippen LogP contribution is -2.23. The van der Waals surface area contributed by atoms with E-state index < -0.39 is 10.0 Å². The minimum absolute atomic E-state index is 0.162. The molecule has 21 heavy (non-hydrogen) atoms. The average Bonchev–Trinajstić information content (AvgIpc) is 2.88. The average molecular weight is 321 g/mol. The van der Waals surface area contributed by atoms with Crippen molar-refractivity contribution in [2.75, 3.05) is 0 Å². The van der Waals surface area contributed by atoms with E-state index in [-0.39, 0.29) is 11.4 Å². The van der Waals surface area contributed by atoms with Gasteiger partial charge < -0.3 is 4.98 Å². The Morgan fingerprint density at radius 2 is 1.90 bits per heavy atom. The molecule has 0 saturated carbocycles. The van der Waals surface area contributed by atoms with Crippen molar-refractivity contribution in [1.82, 2.24) is 9.71 Å². The first kappa shape index (κ1) is 14.1. The first-order valence-corrected chi connectivity index (χ1v) is 8.22. The molecule has 3 rings (SSSR count). The Kier molecular flexibility index (Phi) is 3.71. The third-order valence-corrected chi connectivity index (χ3v) is 4.87. The van der Waals surface area contributed by atoms with Crippen molar-refractivity contribution in [3.63, 3.8) is 0 Å². The minimum Gasteiger partial charge on any atom is -0.361 e. The van der Waals surface area contributed by atoms with Crippen LogP contribution in [0.5, 0.6) is 0 Å². The van der Waals surface area contributed by atoms with Crippen LogP contribution in [0.2, 0.25) is 5.02 Å². The number of sulfonamides is 1. The molecule has 4 nitrogen and oxygen atoms in total. The lowest BCUT2D eigenvalue weighted by atomic mass is 10.2. The summed E-state index contributed by atoms with van der Waals surface area (Å²) in [5.74, 6) is 0. The van der Waals surface area contributed by atoms with Gasteiger partial charge in [0.1, 0.15) is 0 Å². The molecular formula is C15H13ClN2O2S. The molecule has 0 bridgehead atoms. The summed E-state index contributed by atoms with van der Waals surface area (Å²) in [5, 5.41) is 1.40. The highest BCUT2D eigenvalue weighted by molar-refractivity contribution is 7.89. The van der Waals surface area contributed by atoms with Gasteiger partial charge in [-0.2, -0.15) is 0 Å². The van der Waals surface area contributed by atoms with Crippen molar-refractivity contribution in [2.24, 2.45) is 0 Å². The number of aromatic amines is 1. The maximum Gasteiger partial charge on any atom is 0.240 e. The van der Waals surface area contributed by atoms with Gasteiger partial charge in [-0.25, -0.2) is 13.1 Å². The summed E-state index contributed by atoms with van der Waals surface area (Å²) in [5.41, 5.74) is 1.88. The number of hydrogen-bond donors (Lipinski definition) is 2. The van der Waals surface area contributed by atoms with Crippen LogP contribution in [0.15, 0.2) is 59.6 Å². The number of hydrogen-bond acceptors (Lipinski definition) is 2. The quantitative estimate of drug-likeness (QED) is 0.774. The number of halogens is 1. The van der Waals surface area contributed by atoms with Crippen LogP contribution in [0.1, 0.15) is 5.56 Å². The monoisotopic (exact) mass is 320 g/mol. The highest BCUT2D eigenvalue weighted by atomic mass is 35.5. The summed E-state index contributed by atoms with van der Waals surface area (Å²) in [7, 11) is -3.58. The molecule has 0 unspecified atom stereocenters. The van der Waals surface area contributed by atoms with Crippen LogP contribution in [0.4, 0.5) is 0 Å². The Hall–Kier alpha value is -1.82. The second kappa shape index (κ2) is 5.52. The number of para-hydroxylation sites is 1. The number of rotatable bonds is 4. The summed E-state index contributed by atoms with van der Waals surface area (Å²) < 4.78 is 27.1. The molecule has 2 N–H and O–H groups in total. The van der Waals surface area contributed by atoms with Crippen LogP contribution in [-0.2, 0) is 16.6 Å². The van der Waals surface area contributed by atoms with Crippen LogP contribution in [0.3, 0.4) is 0 Å². The first-order chi connectivity index (χ1) is 10.1. The maximum absolute atomic E-state index is 12.2. The molecule has 0 aliphatic rings. The summed E-state index contributed by atoms with van der Waals surface area (Å²) in [6.45, 7) is 0.221. The minimum atomic E-state index is -3.58. The van der Waals surface area contributed by atoms with Crippen LogP contribution in [-0.4, -0.2) is 13.4 Å². The smallest absolute Gasteiger partial charge is 0.240 e. The largest absolute Gasteiger partial charge is 0.361 e. The van der Waals surface area contributed by atoms with Gasteiger partial charge in [0.2, 0.25) is 10.0 Å². The third-order valence-electron chi connectivity index (χ3n) is 3.23. The Bertz CT molecular complexity index is 887. The molecule has 1 heterocycles. The summed E-state index contributed by atoms with van der Waals surface area (Å²) in [6.07, 6.45) is 1.81. The van der Waals surface area contributed by atoms with Gasteiger partial charge in [-0.3, -0.25) is 0 Å². The van der Waals surface area contributed by atoms with Crippen molar-refractivity contribution < 1.29 is 8.42 Å². The SMILES string of the molecule is O=S(=O)(NCc1c[nH]c2ccccc12)c1cccc(Cl)c1. The van der Waals surface area contributed by atoms with Gasteiger partial charge >= 0.3 is 0 Å². The predicted molar refractivity (Wildman–Crippen MR) is 83.8 cm³/mol. The lowest BCUT2D eigenvalue weighted by molar-refractivity contribution is 0.581. The summed E-state index contributed by atoms with van der Waals surface area (Å²) in [4.78, 5) is 3.28. The molecule has 0 atom stereocenters. The van der Waals surface area contributed by atoms with Crippen LogP contribution >= 0.6 is 11.6 Å². The van der Waals surface area contributed by atoms with Crippen molar-refractivity contribution in [1.29, 1.82) is 0 Å². The molecule has 0 spiro atoms. The van der Waals surface area contributed by atoms with Crippen molar-refractivity contribution in [2.45, 2.75) is 11.4 Å². The number of fused-ring (bicyclic) bond motifs is 1. The van der Waals surface area contributed by atoms with E-state index in [1.165, 1.54) is 12.1 Å². The van der Waals surface area contributed by atoms with Gasteiger partial charge in [0.05, 0.1) is 4.90 Å². The van der Waals surface area contributed by atoms with E-state index in [9.17, 15) is 8.42 Å². The Balaban J connectivity index is 1.84. The van der Waals surface area contributed by atoms with E-state index in [0.717, 1.165) is 16.5 Å². The molecule has 108 valence electrons. The standard InChI is InChI=1S/C15H13ClN2O2S/c16-12-4-3-5-13(8-12)21(19,20)18-10-11-9-17-15-7-2-1-6-14(11)15/h1-9,17-18H,10H2. The lowest BCUT2D eigenvalue weighted by Gasteiger charge is -2.06. The number of H-pyrrole nitrogens is 1. The molecular weight excluding hydrogens is 308 g/mol. The zero-order chi connectivity index (χ0) is 14.9. The highest BCUT2D eigenvalue weighted by Crippen LogP contribution is 2.19. The van der Waals surface area contributed by atoms with Crippen molar-refractivity contribution in [3.8, 4) is 0 Å². The van der Waals surface area contributed by atoms with E-state index in [2.05, 4.69) is 9.71 Å². The van der Waals surface area contributed by atoms with E-state index in [1.807, 2.05) is 30.5 Å². The third kappa shape index (κ3) is 2.95. The summed E-state index contributed by atoms with van der Waals surface area (Å²) in [6, 6.07) is 14.0. The number of aromatic nitrogens is 1. The fourth-order valence-electron chi connectivity index (χ4n) is 2.17. The molecule has 0 amide bonds. The molecule has 0 radical (unpaired) electrons. The predicted octanol–water partition coefficient (Wildman–Crippen LogP) is 3.30. The molecule has 0 fully saturated rings. The van der Waals surface area contributed by atoms with E-state index in [4.69, 9.17) is 11.6 Å². The van der Waals surface area contributed by atoms with Crippen LogP contribution < -0.4 is 4.72 Å². The zero-order valence-electron chi connectivity index (χ0n) is 11.0. The Labute approximate surface area is 127 Å². The normalized spacial score (nSPS) is 11.9. The summed E-state index contributed by atoms with van der Waals surface area (Å²) >= 11 is 5.83. The van der Waals surface area contributed by atoms with Crippen LogP contribution in [0.25, 0.3) is 10.9 Å². The van der Waals surface area contributed by atoms with Gasteiger partial charge in [0, 0.05) is 28.7 Å². The molecule has 0 aliphatic heterocycles. The Morgan fingerprint density at radius 3 is 2.71 bits per heavy atom. The van der Waals surface area contributed by atoms with Crippen LogP contribution in [0, 0.1) is 0 Å². The topological polar surface area (TPSA) is 62.0 Å².